The van der Waals surface area contributed by atoms with Crippen molar-refractivity contribution in [2.75, 3.05) is 18.1 Å². The molecule has 0 saturated heterocycles. The molecule has 126 valence electrons. The summed E-state index contributed by atoms with van der Waals surface area (Å²) in [6.07, 6.45) is 2.27. The lowest BCUT2D eigenvalue weighted by molar-refractivity contribution is -0.133. The van der Waals surface area contributed by atoms with E-state index in [1.165, 1.54) is 11.8 Å². The molecule has 0 spiro atoms. The highest BCUT2D eigenvalue weighted by Crippen LogP contribution is 2.40. The number of hydrogen-bond acceptors (Lipinski definition) is 4. The molecule has 1 saturated carbocycles. The zero-order valence-electron chi connectivity index (χ0n) is 13.5. The van der Waals surface area contributed by atoms with Crippen molar-refractivity contribution < 1.29 is 14.7 Å². The third kappa shape index (κ3) is 4.06. The van der Waals surface area contributed by atoms with E-state index >= 15 is 0 Å². The Bertz CT molecular complexity index is 787. The zero-order chi connectivity index (χ0) is 17.1. The van der Waals surface area contributed by atoms with Gasteiger partial charge in [-0.25, -0.2) is 0 Å². The molecule has 24 heavy (non-hydrogen) atoms. The van der Waals surface area contributed by atoms with Gasteiger partial charge in [0.25, 0.3) is 5.91 Å². The maximum Gasteiger partial charge on any atom is 0.313 e. The van der Waals surface area contributed by atoms with Crippen LogP contribution < -0.4 is 5.32 Å². The topological polar surface area (TPSA) is 79.3 Å². The first-order valence-corrected chi connectivity index (χ1v) is 9.19. The third-order valence-corrected chi connectivity index (χ3v) is 4.93. The molecule has 2 N–H and O–H groups in total. The summed E-state index contributed by atoms with van der Waals surface area (Å²) in [6, 6.07) is 7.89. The SMILES string of the molecule is Cc1ccc2nc(C3CC3)cc(C(=O)NCCSCC(=O)O)c2c1. The van der Waals surface area contributed by atoms with Gasteiger partial charge in [0.1, 0.15) is 0 Å². The third-order valence-electron chi connectivity index (χ3n) is 3.98. The van der Waals surface area contributed by atoms with Crippen LogP contribution in [0.4, 0.5) is 0 Å². The summed E-state index contributed by atoms with van der Waals surface area (Å²) in [7, 11) is 0. The van der Waals surface area contributed by atoms with E-state index in [0.29, 0.717) is 23.8 Å². The highest BCUT2D eigenvalue weighted by Gasteiger charge is 2.26. The molecule has 1 aromatic carbocycles. The number of carboxylic acids is 1. The van der Waals surface area contributed by atoms with E-state index in [4.69, 9.17) is 10.1 Å². The number of fused-ring (bicyclic) bond motifs is 1. The molecule has 1 aliphatic carbocycles. The van der Waals surface area contributed by atoms with Crippen LogP contribution in [0.15, 0.2) is 24.3 Å². The van der Waals surface area contributed by atoms with Crippen molar-refractivity contribution >= 4 is 34.5 Å². The minimum absolute atomic E-state index is 0.0546. The average molecular weight is 344 g/mol. The van der Waals surface area contributed by atoms with Crippen LogP contribution in [-0.4, -0.2) is 40.0 Å². The Morgan fingerprint density at radius 3 is 2.83 bits per heavy atom. The maximum absolute atomic E-state index is 12.6. The summed E-state index contributed by atoms with van der Waals surface area (Å²) >= 11 is 1.30. The number of carbonyl (C=O) groups is 2. The summed E-state index contributed by atoms with van der Waals surface area (Å²) < 4.78 is 0. The zero-order valence-corrected chi connectivity index (χ0v) is 14.4. The molecule has 1 amide bonds. The van der Waals surface area contributed by atoms with Crippen LogP contribution in [-0.2, 0) is 4.79 Å². The Hall–Kier alpha value is -2.08. The summed E-state index contributed by atoms with van der Waals surface area (Å²) in [6.45, 7) is 2.45. The summed E-state index contributed by atoms with van der Waals surface area (Å²) in [4.78, 5) is 27.8. The summed E-state index contributed by atoms with van der Waals surface area (Å²) in [5, 5.41) is 12.4. The number of amides is 1. The number of carboxylic acid groups (broad SMARTS) is 1. The van der Waals surface area contributed by atoms with Crippen LogP contribution in [0.2, 0.25) is 0 Å². The van der Waals surface area contributed by atoms with Gasteiger partial charge in [-0.3, -0.25) is 14.6 Å². The van der Waals surface area contributed by atoms with Gasteiger partial charge < -0.3 is 10.4 Å². The number of aryl methyl sites for hydroxylation is 1. The summed E-state index contributed by atoms with van der Waals surface area (Å²) in [5.41, 5.74) is 3.61. The summed E-state index contributed by atoms with van der Waals surface area (Å²) in [5.74, 6) is 0.157. The predicted molar refractivity (Wildman–Crippen MR) is 95.7 cm³/mol. The first-order chi connectivity index (χ1) is 11.5. The lowest BCUT2D eigenvalue weighted by Gasteiger charge is -2.11. The van der Waals surface area contributed by atoms with Crippen molar-refractivity contribution in [3.05, 3.63) is 41.1 Å². The molecular weight excluding hydrogens is 324 g/mol. The van der Waals surface area contributed by atoms with Crippen LogP contribution in [0.5, 0.6) is 0 Å². The number of aromatic nitrogens is 1. The number of nitrogens with zero attached hydrogens (tertiary/aromatic N) is 1. The molecule has 1 fully saturated rings. The van der Waals surface area contributed by atoms with E-state index in [9.17, 15) is 9.59 Å². The Labute approximate surface area is 144 Å². The van der Waals surface area contributed by atoms with Gasteiger partial charge in [-0.1, -0.05) is 11.6 Å². The second kappa shape index (κ2) is 7.21. The fourth-order valence-corrected chi connectivity index (χ4v) is 3.19. The minimum Gasteiger partial charge on any atom is -0.481 e. The molecule has 2 aromatic rings. The van der Waals surface area contributed by atoms with Gasteiger partial charge >= 0.3 is 5.97 Å². The molecule has 6 heteroatoms. The number of benzene rings is 1. The Balaban J connectivity index is 1.77. The van der Waals surface area contributed by atoms with Crippen molar-refractivity contribution in [2.24, 2.45) is 0 Å². The minimum atomic E-state index is -0.837. The number of hydrogen-bond donors (Lipinski definition) is 2. The van der Waals surface area contributed by atoms with Crippen molar-refractivity contribution in [1.82, 2.24) is 10.3 Å². The Morgan fingerprint density at radius 1 is 1.33 bits per heavy atom. The molecule has 5 nitrogen and oxygen atoms in total. The van der Waals surface area contributed by atoms with Gasteiger partial charge in [0.15, 0.2) is 0 Å². The first kappa shape index (κ1) is 16.8. The molecule has 0 unspecified atom stereocenters. The van der Waals surface area contributed by atoms with Crippen molar-refractivity contribution in [1.29, 1.82) is 0 Å². The lowest BCUT2D eigenvalue weighted by atomic mass is 10.0. The van der Waals surface area contributed by atoms with Crippen LogP contribution >= 0.6 is 11.8 Å². The van der Waals surface area contributed by atoms with E-state index in [1.54, 1.807) is 0 Å². The molecule has 1 heterocycles. The molecular formula is C18H20N2O3S. The van der Waals surface area contributed by atoms with Crippen molar-refractivity contribution in [3.8, 4) is 0 Å². The fourth-order valence-electron chi connectivity index (χ4n) is 2.63. The highest BCUT2D eigenvalue weighted by atomic mass is 32.2. The van der Waals surface area contributed by atoms with Gasteiger partial charge in [0, 0.05) is 29.3 Å². The lowest BCUT2D eigenvalue weighted by Crippen LogP contribution is -2.26. The van der Waals surface area contributed by atoms with Crippen LogP contribution in [0.1, 0.15) is 40.4 Å². The molecule has 0 radical (unpaired) electrons. The normalized spacial score (nSPS) is 13.9. The predicted octanol–water partition coefficient (Wildman–Crippen LogP) is 2.97. The van der Waals surface area contributed by atoms with Gasteiger partial charge in [-0.2, -0.15) is 0 Å². The number of pyridine rings is 1. The Kier molecular flexibility index (Phi) is 5.04. The van der Waals surface area contributed by atoms with Crippen molar-refractivity contribution in [3.63, 3.8) is 0 Å². The van der Waals surface area contributed by atoms with E-state index in [0.717, 1.165) is 35.0 Å². The number of thioether (sulfide) groups is 1. The van der Waals surface area contributed by atoms with Crippen LogP contribution in [0.25, 0.3) is 10.9 Å². The number of carbonyl (C=O) groups excluding carboxylic acids is 1. The van der Waals surface area contributed by atoms with Gasteiger partial charge in [0.05, 0.1) is 16.8 Å². The Morgan fingerprint density at radius 2 is 2.12 bits per heavy atom. The number of rotatable bonds is 7. The smallest absolute Gasteiger partial charge is 0.313 e. The average Bonchev–Trinajstić information content (AvgIpc) is 3.38. The number of aliphatic carboxylic acids is 1. The number of nitrogens with one attached hydrogen (secondary N) is 1. The van der Waals surface area contributed by atoms with E-state index in [-0.39, 0.29) is 11.7 Å². The second-order valence-electron chi connectivity index (χ2n) is 6.09. The standard InChI is InChI=1S/C18H20N2O3S/c1-11-2-5-15-13(8-11)14(9-16(20-15)12-3-4-12)18(23)19-6-7-24-10-17(21)22/h2,5,8-9,12H,3-4,6-7,10H2,1H3,(H,19,23)(H,21,22). The van der Waals surface area contributed by atoms with E-state index in [1.807, 2.05) is 31.2 Å². The quantitative estimate of drug-likeness (QED) is 0.755. The molecule has 3 rings (SSSR count). The first-order valence-electron chi connectivity index (χ1n) is 8.03. The molecule has 1 aromatic heterocycles. The molecule has 0 atom stereocenters. The van der Waals surface area contributed by atoms with E-state index < -0.39 is 5.97 Å². The monoisotopic (exact) mass is 344 g/mol. The molecule has 0 bridgehead atoms. The van der Waals surface area contributed by atoms with Gasteiger partial charge in [0.2, 0.25) is 0 Å². The van der Waals surface area contributed by atoms with E-state index in [2.05, 4.69) is 5.32 Å². The van der Waals surface area contributed by atoms with Crippen LogP contribution in [0, 0.1) is 6.92 Å². The second-order valence-corrected chi connectivity index (χ2v) is 7.20. The van der Waals surface area contributed by atoms with Crippen LogP contribution in [0.3, 0.4) is 0 Å². The maximum atomic E-state index is 12.6. The highest BCUT2D eigenvalue weighted by molar-refractivity contribution is 7.99. The largest absolute Gasteiger partial charge is 0.481 e. The van der Waals surface area contributed by atoms with Gasteiger partial charge in [-0.05, 0) is 38.0 Å². The molecule has 1 aliphatic rings. The fraction of sp³-hybridized carbons (Fsp3) is 0.389. The van der Waals surface area contributed by atoms with Crippen molar-refractivity contribution in [2.45, 2.75) is 25.7 Å². The van der Waals surface area contributed by atoms with Gasteiger partial charge in [-0.15, -0.1) is 11.8 Å². The molecule has 0 aliphatic heterocycles.